The van der Waals surface area contributed by atoms with Crippen LogP contribution in [0, 0.1) is 24.2 Å². The number of terminal acetylenes is 1. The Hall–Kier alpha value is -0.520. The fourth-order valence-electron chi connectivity index (χ4n) is 2.06. The zero-order chi connectivity index (χ0) is 9.35. The predicted octanol–water partition coefficient (Wildman–Crippen LogP) is 0.568. The monoisotopic (exact) mass is 167 g/mol. The highest BCUT2D eigenvalue weighted by molar-refractivity contribution is 5.14. The molecule has 1 saturated heterocycles. The van der Waals surface area contributed by atoms with E-state index >= 15 is 0 Å². The van der Waals surface area contributed by atoms with Crippen molar-refractivity contribution in [2.24, 2.45) is 11.8 Å². The van der Waals surface area contributed by atoms with Gasteiger partial charge in [0.05, 0.1) is 0 Å². The van der Waals surface area contributed by atoms with Crippen LogP contribution in [0.3, 0.4) is 0 Å². The van der Waals surface area contributed by atoms with Gasteiger partial charge in [-0.15, -0.1) is 6.42 Å². The van der Waals surface area contributed by atoms with Crippen molar-refractivity contribution in [1.29, 1.82) is 0 Å². The van der Waals surface area contributed by atoms with Gasteiger partial charge in [0.25, 0.3) is 0 Å². The van der Waals surface area contributed by atoms with Crippen LogP contribution in [0.2, 0.25) is 0 Å². The van der Waals surface area contributed by atoms with Gasteiger partial charge in [0, 0.05) is 24.9 Å². The highest BCUT2D eigenvalue weighted by Crippen LogP contribution is 2.31. The highest BCUT2D eigenvalue weighted by Gasteiger charge is 2.41. The second-order valence-corrected chi connectivity index (χ2v) is 3.99. The minimum absolute atomic E-state index is 0.163. The summed E-state index contributed by atoms with van der Waals surface area (Å²) >= 11 is 0. The highest BCUT2D eigenvalue weighted by atomic mass is 16.3. The van der Waals surface area contributed by atoms with E-state index in [-0.39, 0.29) is 11.8 Å². The largest absolute Gasteiger partial charge is 0.377 e. The Morgan fingerprint density at radius 2 is 1.83 bits per heavy atom. The smallest absolute Gasteiger partial charge is 0.132 e. The Labute approximate surface area is 74.6 Å². The second kappa shape index (κ2) is 3.08. The van der Waals surface area contributed by atoms with Gasteiger partial charge in [0.15, 0.2) is 0 Å². The van der Waals surface area contributed by atoms with Gasteiger partial charge in [-0.05, 0) is 7.05 Å². The van der Waals surface area contributed by atoms with Crippen molar-refractivity contribution in [3.63, 3.8) is 0 Å². The lowest BCUT2D eigenvalue weighted by atomic mass is 9.76. The van der Waals surface area contributed by atoms with Gasteiger partial charge >= 0.3 is 0 Å². The molecule has 12 heavy (non-hydrogen) atoms. The van der Waals surface area contributed by atoms with Crippen molar-refractivity contribution < 1.29 is 5.11 Å². The van der Waals surface area contributed by atoms with E-state index in [0.29, 0.717) is 0 Å². The number of aliphatic hydroxyl groups is 1. The summed E-state index contributed by atoms with van der Waals surface area (Å²) < 4.78 is 0. The topological polar surface area (TPSA) is 23.5 Å². The molecule has 0 aliphatic carbocycles. The van der Waals surface area contributed by atoms with Crippen molar-refractivity contribution in [3.05, 3.63) is 0 Å². The molecule has 0 bridgehead atoms. The minimum atomic E-state index is -0.896. The summed E-state index contributed by atoms with van der Waals surface area (Å²) in [5, 5.41) is 10.1. The van der Waals surface area contributed by atoms with E-state index < -0.39 is 5.60 Å². The Balaban J connectivity index is 2.82. The maximum atomic E-state index is 10.1. The van der Waals surface area contributed by atoms with E-state index in [1.807, 2.05) is 13.8 Å². The normalized spacial score (nSPS) is 35.9. The molecule has 1 heterocycles. The van der Waals surface area contributed by atoms with Crippen molar-refractivity contribution in [3.8, 4) is 12.3 Å². The molecule has 1 rings (SSSR count). The molecule has 68 valence electrons. The number of nitrogens with zero attached hydrogens (tertiary/aromatic N) is 1. The third-order valence-electron chi connectivity index (χ3n) is 2.90. The third-order valence-corrected chi connectivity index (χ3v) is 2.90. The van der Waals surface area contributed by atoms with Gasteiger partial charge < -0.3 is 10.0 Å². The van der Waals surface area contributed by atoms with Crippen LogP contribution in [-0.2, 0) is 0 Å². The Morgan fingerprint density at radius 1 is 1.42 bits per heavy atom. The molecule has 1 N–H and O–H groups in total. The van der Waals surface area contributed by atoms with Crippen molar-refractivity contribution in [2.75, 3.05) is 20.1 Å². The van der Waals surface area contributed by atoms with Crippen LogP contribution < -0.4 is 0 Å². The number of likely N-dealkylation sites (tertiary alicyclic amines) is 1. The molecule has 0 aromatic rings. The van der Waals surface area contributed by atoms with Gasteiger partial charge in [-0.3, -0.25) is 0 Å². The fraction of sp³-hybridized carbons (Fsp3) is 0.800. The lowest BCUT2D eigenvalue weighted by molar-refractivity contribution is -0.0552. The lowest BCUT2D eigenvalue weighted by Gasteiger charge is -2.43. The summed E-state index contributed by atoms with van der Waals surface area (Å²) in [7, 11) is 2.06. The van der Waals surface area contributed by atoms with Gasteiger partial charge in [-0.1, -0.05) is 19.8 Å². The molecule has 1 aliphatic heterocycles. The molecule has 0 spiro atoms. The van der Waals surface area contributed by atoms with Crippen molar-refractivity contribution in [1.82, 2.24) is 4.90 Å². The first-order valence-electron chi connectivity index (χ1n) is 4.39. The molecular formula is C10H17NO. The molecule has 0 aromatic heterocycles. The van der Waals surface area contributed by atoms with Crippen LogP contribution in [0.5, 0.6) is 0 Å². The number of rotatable bonds is 0. The van der Waals surface area contributed by atoms with Crippen LogP contribution in [0.25, 0.3) is 0 Å². The van der Waals surface area contributed by atoms with Crippen LogP contribution in [-0.4, -0.2) is 35.7 Å². The lowest BCUT2D eigenvalue weighted by Crippen LogP contribution is -2.54. The summed E-state index contributed by atoms with van der Waals surface area (Å²) in [6, 6.07) is 0. The number of hydrogen-bond donors (Lipinski definition) is 1. The number of piperidine rings is 1. The Morgan fingerprint density at radius 3 is 2.17 bits per heavy atom. The second-order valence-electron chi connectivity index (χ2n) is 3.99. The zero-order valence-electron chi connectivity index (χ0n) is 8.04. The molecule has 0 saturated carbocycles. The van der Waals surface area contributed by atoms with E-state index in [9.17, 15) is 5.11 Å². The van der Waals surface area contributed by atoms with Crippen LogP contribution in [0.4, 0.5) is 0 Å². The molecule has 1 aliphatic rings. The van der Waals surface area contributed by atoms with Gasteiger partial charge in [-0.2, -0.15) is 0 Å². The SMILES string of the molecule is C#CC1(O)[C@@H](C)CN(C)C[C@@H]1C. The van der Waals surface area contributed by atoms with Gasteiger partial charge in [0.2, 0.25) is 0 Å². The van der Waals surface area contributed by atoms with Crippen LogP contribution in [0.1, 0.15) is 13.8 Å². The van der Waals surface area contributed by atoms with Crippen molar-refractivity contribution >= 4 is 0 Å². The third kappa shape index (κ3) is 1.35. The van der Waals surface area contributed by atoms with E-state index in [0.717, 1.165) is 13.1 Å². The standard InChI is InChI=1S/C10H17NO/c1-5-10(12)8(2)6-11(4)7-9(10)3/h1,8-9,12H,6-7H2,2-4H3/t8-,9-/m0/s1. The molecule has 1 fully saturated rings. The first-order valence-corrected chi connectivity index (χ1v) is 4.39. The van der Waals surface area contributed by atoms with E-state index in [2.05, 4.69) is 17.9 Å². The molecule has 2 nitrogen and oxygen atoms in total. The number of hydrogen-bond acceptors (Lipinski definition) is 2. The molecule has 2 atom stereocenters. The summed E-state index contributed by atoms with van der Waals surface area (Å²) in [5.74, 6) is 2.86. The quantitative estimate of drug-likeness (QED) is 0.533. The van der Waals surface area contributed by atoms with E-state index in [4.69, 9.17) is 6.42 Å². The molecule has 0 amide bonds. The molecule has 2 heteroatoms. The summed E-state index contributed by atoms with van der Waals surface area (Å²) in [6.45, 7) is 5.77. The fourth-order valence-corrected chi connectivity index (χ4v) is 2.06. The van der Waals surface area contributed by atoms with E-state index in [1.54, 1.807) is 0 Å². The summed E-state index contributed by atoms with van der Waals surface area (Å²) in [4.78, 5) is 2.21. The Bertz CT molecular complexity index is 194. The first-order chi connectivity index (χ1) is 5.50. The molecular weight excluding hydrogens is 150 g/mol. The average molecular weight is 167 g/mol. The minimum Gasteiger partial charge on any atom is -0.377 e. The maximum Gasteiger partial charge on any atom is 0.132 e. The summed E-state index contributed by atoms with van der Waals surface area (Å²) in [6.07, 6.45) is 5.35. The molecule has 0 radical (unpaired) electrons. The van der Waals surface area contributed by atoms with Crippen LogP contribution >= 0.6 is 0 Å². The molecule has 0 unspecified atom stereocenters. The summed E-state index contributed by atoms with van der Waals surface area (Å²) in [5.41, 5.74) is -0.896. The maximum absolute atomic E-state index is 10.1. The average Bonchev–Trinajstić information content (AvgIpc) is 2.00. The van der Waals surface area contributed by atoms with Crippen LogP contribution in [0.15, 0.2) is 0 Å². The van der Waals surface area contributed by atoms with Crippen molar-refractivity contribution in [2.45, 2.75) is 19.4 Å². The Kier molecular flexibility index (Phi) is 2.46. The molecule has 0 aromatic carbocycles. The first kappa shape index (κ1) is 9.57. The zero-order valence-corrected chi connectivity index (χ0v) is 8.04. The predicted molar refractivity (Wildman–Crippen MR) is 49.6 cm³/mol. The van der Waals surface area contributed by atoms with Gasteiger partial charge in [0.1, 0.15) is 5.60 Å². The van der Waals surface area contributed by atoms with Gasteiger partial charge in [-0.25, -0.2) is 0 Å². The van der Waals surface area contributed by atoms with E-state index in [1.165, 1.54) is 0 Å².